The summed E-state index contributed by atoms with van der Waals surface area (Å²) in [5.41, 5.74) is 0.143. The van der Waals surface area contributed by atoms with Crippen LogP contribution in [-0.4, -0.2) is 44.0 Å². The number of ketones is 1. The molecule has 1 aromatic rings. The highest BCUT2D eigenvalue weighted by Crippen LogP contribution is 2.08. The summed E-state index contributed by atoms with van der Waals surface area (Å²) in [5, 5.41) is 0. The van der Waals surface area contributed by atoms with Gasteiger partial charge in [0.05, 0.1) is 18.7 Å². The Labute approximate surface area is 101 Å². The van der Waals surface area contributed by atoms with E-state index in [0.29, 0.717) is 6.61 Å². The van der Waals surface area contributed by atoms with Crippen molar-refractivity contribution >= 4 is 5.78 Å². The summed E-state index contributed by atoms with van der Waals surface area (Å²) in [6.45, 7) is 2.69. The minimum atomic E-state index is -0.467. The number of halogens is 1. The lowest BCUT2D eigenvalue weighted by Gasteiger charge is -2.23. The van der Waals surface area contributed by atoms with E-state index in [4.69, 9.17) is 4.74 Å². The Morgan fingerprint density at radius 2 is 2.12 bits per heavy atom. The van der Waals surface area contributed by atoms with Crippen molar-refractivity contribution in [2.75, 3.05) is 27.3 Å². The molecule has 1 atom stereocenters. The summed E-state index contributed by atoms with van der Waals surface area (Å²) in [6.07, 6.45) is 0. The molecule has 0 spiro atoms. The van der Waals surface area contributed by atoms with Crippen LogP contribution in [0.3, 0.4) is 0 Å². The third-order valence-electron chi connectivity index (χ3n) is 2.73. The van der Waals surface area contributed by atoms with Crippen molar-refractivity contribution < 1.29 is 13.9 Å². The number of nitrogens with zero attached hydrogens (tertiary/aromatic N) is 1. The van der Waals surface area contributed by atoms with Crippen LogP contribution in [0.1, 0.15) is 17.3 Å². The lowest BCUT2D eigenvalue weighted by atomic mass is 10.1. The van der Waals surface area contributed by atoms with Crippen LogP contribution in [0.15, 0.2) is 24.3 Å². The summed E-state index contributed by atoms with van der Waals surface area (Å²) in [7, 11) is 3.44. The van der Waals surface area contributed by atoms with Crippen LogP contribution in [0.25, 0.3) is 0 Å². The Balaban J connectivity index is 2.64. The summed E-state index contributed by atoms with van der Waals surface area (Å²) < 4.78 is 18.4. The molecule has 3 nitrogen and oxygen atoms in total. The largest absolute Gasteiger partial charge is 0.383 e. The number of likely N-dealkylation sites (N-methyl/N-ethyl adjacent to an activating group) is 1. The third kappa shape index (κ3) is 3.91. The molecule has 0 bridgehead atoms. The third-order valence-corrected chi connectivity index (χ3v) is 2.73. The van der Waals surface area contributed by atoms with E-state index in [9.17, 15) is 9.18 Å². The molecular weight excluding hydrogens is 221 g/mol. The van der Waals surface area contributed by atoms with Crippen molar-refractivity contribution in [1.82, 2.24) is 4.90 Å². The lowest BCUT2D eigenvalue weighted by molar-refractivity contribution is 0.0838. The number of Topliss-reactive ketones (excluding diaryl/α,β-unsaturated/α-hetero) is 1. The molecule has 0 saturated heterocycles. The zero-order valence-corrected chi connectivity index (χ0v) is 10.4. The lowest BCUT2D eigenvalue weighted by Crippen LogP contribution is -2.36. The maximum absolute atomic E-state index is 13.4. The van der Waals surface area contributed by atoms with E-state index < -0.39 is 5.82 Å². The van der Waals surface area contributed by atoms with Gasteiger partial charge in [-0.05, 0) is 26.1 Å². The van der Waals surface area contributed by atoms with E-state index in [0.717, 1.165) is 0 Å². The second-order valence-electron chi connectivity index (χ2n) is 4.12. The van der Waals surface area contributed by atoms with Crippen LogP contribution in [-0.2, 0) is 4.74 Å². The first kappa shape index (κ1) is 13.8. The molecule has 0 aliphatic carbocycles. The maximum atomic E-state index is 13.4. The second kappa shape index (κ2) is 6.47. The average molecular weight is 239 g/mol. The number of rotatable bonds is 6. The molecule has 1 rings (SSSR count). The SMILES string of the molecule is COCC(C)N(C)CC(=O)c1ccccc1F. The zero-order chi connectivity index (χ0) is 12.8. The maximum Gasteiger partial charge on any atom is 0.179 e. The molecule has 0 radical (unpaired) electrons. The summed E-state index contributed by atoms with van der Waals surface area (Å²) >= 11 is 0. The Kier molecular flexibility index (Phi) is 5.25. The molecule has 0 fully saturated rings. The minimum Gasteiger partial charge on any atom is -0.383 e. The molecule has 0 heterocycles. The van der Waals surface area contributed by atoms with Crippen molar-refractivity contribution in [1.29, 1.82) is 0 Å². The summed E-state index contributed by atoms with van der Waals surface area (Å²) in [5.74, 6) is -0.682. The molecule has 0 aromatic heterocycles. The minimum absolute atomic E-state index is 0.121. The normalized spacial score (nSPS) is 12.8. The Hall–Kier alpha value is -1.26. The number of hydrogen-bond acceptors (Lipinski definition) is 3. The van der Waals surface area contributed by atoms with E-state index in [1.807, 2.05) is 18.9 Å². The van der Waals surface area contributed by atoms with Crippen molar-refractivity contribution in [3.05, 3.63) is 35.6 Å². The number of methoxy groups -OCH3 is 1. The fourth-order valence-electron chi connectivity index (χ4n) is 1.52. The fraction of sp³-hybridized carbons (Fsp3) is 0.462. The van der Waals surface area contributed by atoms with E-state index in [1.54, 1.807) is 19.2 Å². The van der Waals surface area contributed by atoms with Gasteiger partial charge in [-0.15, -0.1) is 0 Å². The zero-order valence-electron chi connectivity index (χ0n) is 10.4. The van der Waals surface area contributed by atoms with Gasteiger partial charge in [0.25, 0.3) is 0 Å². The average Bonchev–Trinajstić information content (AvgIpc) is 2.29. The van der Waals surface area contributed by atoms with Crippen molar-refractivity contribution in [3.8, 4) is 0 Å². The molecule has 0 saturated carbocycles. The topological polar surface area (TPSA) is 29.5 Å². The van der Waals surface area contributed by atoms with Gasteiger partial charge >= 0.3 is 0 Å². The highest BCUT2D eigenvalue weighted by atomic mass is 19.1. The van der Waals surface area contributed by atoms with Crippen LogP contribution in [0.4, 0.5) is 4.39 Å². The second-order valence-corrected chi connectivity index (χ2v) is 4.12. The van der Waals surface area contributed by atoms with Gasteiger partial charge in [-0.25, -0.2) is 4.39 Å². The van der Waals surface area contributed by atoms with E-state index in [-0.39, 0.29) is 23.9 Å². The summed E-state index contributed by atoms with van der Waals surface area (Å²) in [6, 6.07) is 6.16. The Morgan fingerprint density at radius 1 is 1.47 bits per heavy atom. The molecule has 0 N–H and O–H groups in total. The van der Waals surface area contributed by atoms with Crippen LogP contribution in [0.5, 0.6) is 0 Å². The highest BCUT2D eigenvalue weighted by Gasteiger charge is 2.16. The number of benzene rings is 1. The number of ether oxygens (including phenoxy) is 1. The Morgan fingerprint density at radius 3 is 2.71 bits per heavy atom. The number of hydrogen-bond donors (Lipinski definition) is 0. The van der Waals surface area contributed by atoms with Gasteiger partial charge in [0.1, 0.15) is 5.82 Å². The van der Waals surface area contributed by atoms with Gasteiger partial charge in [-0.1, -0.05) is 12.1 Å². The van der Waals surface area contributed by atoms with Crippen molar-refractivity contribution in [2.45, 2.75) is 13.0 Å². The molecule has 17 heavy (non-hydrogen) atoms. The van der Waals surface area contributed by atoms with Crippen LogP contribution < -0.4 is 0 Å². The first-order valence-electron chi connectivity index (χ1n) is 5.53. The molecular formula is C13H18FNO2. The van der Waals surface area contributed by atoms with E-state index >= 15 is 0 Å². The first-order valence-corrected chi connectivity index (χ1v) is 5.53. The van der Waals surface area contributed by atoms with E-state index in [2.05, 4.69) is 0 Å². The highest BCUT2D eigenvalue weighted by molar-refractivity contribution is 5.97. The van der Waals surface area contributed by atoms with Gasteiger partial charge in [0.2, 0.25) is 0 Å². The molecule has 1 aromatic carbocycles. The molecule has 0 aliphatic heterocycles. The molecule has 4 heteroatoms. The quantitative estimate of drug-likeness (QED) is 0.711. The molecule has 0 aliphatic rings. The summed E-state index contributed by atoms with van der Waals surface area (Å²) in [4.78, 5) is 13.7. The van der Waals surface area contributed by atoms with E-state index in [1.165, 1.54) is 12.1 Å². The molecule has 94 valence electrons. The van der Waals surface area contributed by atoms with Crippen molar-refractivity contribution in [2.24, 2.45) is 0 Å². The van der Waals surface area contributed by atoms with Gasteiger partial charge in [0, 0.05) is 13.2 Å². The number of carbonyl (C=O) groups is 1. The van der Waals surface area contributed by atoms with Crippen LogP contribution in [0.2, 0.25) is 0 Å². The smallest absolute Gasteiger partial charge is 0.179 e. The van der Waals surface area contributed by atoms with Gasteiger partial charge < -0.3 is 4.74 Å². The predicted octanol–water partition coefficient (Wildman–Crippen LogP) is 1.98. The van der Waals surface area contributed by atoms with Gasteiger partial charge in [-0.3, -0.25) is 9.69 Å². The Bertz CT molecular complexity index is 381. The van der Waals surface area contributed by atoms with Crippen LogP contribution in [0, 0.1) is 5.82 Å². The monoisotopic (exact) mass is 239 g/mol. The number of carbonyl (C=O) groups excluding carboxylic acids is 1. The standard InChI is InChI=1S/C13H18FNO2/c1-10(9-17-3)15(2)8-13(16)11-6-4-5-7-12(11)14/h4-7,10H,8-9H2,1-3H3. The van der Waals surface area contributed by atoms with Gasteiger partial charge in [-0.2, -0.15) is 0 Å². The predicted molar refractivity (Wildman–Crippen MR) is 64.7 cm³/mol. The first-order chi connectivity index (χ1) is 8.06. The van der Waals surface area contributed by atoms with Gasteiger partial charge in [0.15, 0.2) is 5.78 Å². The van der Waals surface area contributed by atoms with Crippen molar-refractivity contribution in [3.63, 3.8) is 0 Å². The van der Waals surface area contributed by atoms with Crippen LogP contribution >= 0.6 is 0 Å². The molecule has 1 unspecified atom stereocenters. The fourth-order valence-corrected chi connectivity index (χ4v) is 1.52. The molecule has 0 amide bonds.